The molecule has 0 fully saturated rings. The molecule has 3 aromatic rings. The summed E-state index contributed by atoms with van der Waals surface area (Å²) in [4.78, 5) is 16.3. The van der Waals surface area contributed by atoms with Gasteiger partial charge in [0.25, 0.3) is 0 Å². The van der Waals surface area contributed by atoms with Gasteiger partial charge in [0.1, 0.15) is 16.6 Å². The number of ether oxygens (including phenoxy) is 1. The van der Waals surface area contributed by atoms with Crippen LogP contribution in [0.3, 0.4) is 0 Å². The number of ketones is 1. The van der Waals surface area contributed by atoms with E-state index < -0.39 is 0 Å². The third-order valence-electron chi connectivity index (χ3n) is 2.97. The Kier molecular flexibility index (Phi) is 3.12. The van der Waals surface area contributed by atoms with Gasteiger partial charge in [-0.1, -0.05) is 11.6 Å². The molecule has 0 aliphatic heterocycles. The Bertz CT molecular complexity index is 781. The molecule has 0 aliphatic carbocycles. The van der Waals surface area contributed by atoms with E-state index in [0.717, 1.165) is 10.9 Å². The molecule has 0 radical (unpaired) electrons. The van der Waals surface area contributed by atoms with E-state index in [1.165, 1.54) is 6.20 Å². The average molecular weight is 288 g/mol. The molecule has 0 aliphatic rings. The highest BCUT2D eigenvalue weighted by Crippen LogP contribution is 2.23. The molecule has 0 atom stereocenters. The molecule has 0 spiro atoms. The number of hydrogen-bond acceptors (Lipinski definition) is 4. The number of fused-ring (bicyclic) bond motifs is 1. The summed E-state index contributed by atoms with van der Waals surface area (Å²) in [6.07, 6.45) is 1.44. The van der Waals surface area contributed by atoms with Crippen LogP contribution in [0.2, 0.25) is 5.15 Å². The van der Waals surface area contributed by atoms with Crippen LogP contribution >= 0.6 is 11.6 Å². The second kappa shape index (κ2) is 4.94. The Hall–Kier alpha value is -2.40. The van der Waals surface area contributed by atoms with Crippen molar-refractivity contribution in [1.29, 1.82) is 0 Å². The van der Waals surface area contributed by atoms with Crippen LogP contribution in [0.4, 0.5) is 0 Å². The lowest BCUT2D eigenvalue weighted by Gasteiger charge is -2.00. The van der Waals surface area contributed by atoms with Gasteiger partial charge in [0, 0.05) is 23.2 Å². The van der Waals surface area contributed by atoms with Crippen LogP contribution in [0, 0.1) is 0 Å². The summed E-state index contributed by atoms with van der Waals surface area (Å²) in [5, 5.41) is 7.99. The molecule has 0 unspecified atom stereocenters. The van der Waals surface area contributed by atoms with E-state index in [2.05, 4.69) is 15.2 Å². The summed E-state index contributed by atoms with van der Waals surface area (Å²) in [7, 11) is 1.59. The molecule has 5 nitrogen and oxygen atoms in total. The normalized spacial score (nSPS) is 10.7. The minimum atomic E-state index is -0.203. The van der Waals surface area contributed by atoms with Gasteiger partial charge in [0.2, 0.25) is 5.78 Å². The maximum atomic E-state index is 12.4. The minimum Gasteiger partial charge on any atom is -0.497 e. The highest BCUT2D eigenvalue weighted by atomic mass is 35.5. The molecule has 20 heavy (non-hydrogen) atoms. The number of methoxy groups -OCH3 is 1. The van der Waals surface area contributed by atoms with Gasteiger partial charge in [-0.3, -0.25) is 9.89 Å². The van der Waals surface area contributed by atoms with Crippen LogP contribution < -0.4 is 4.74 Å². The maximum Gasteiger partial charge on any atom is 0.215 e. The fraction of sp³-hybridized carbons (Fsp3) is 0.0714. The Morgan fingerprint density at radius 3 is 2.85 bits per heavy atom. The van der Waals surface area contributed by atoms with Crippen molar-refractivity contribution in [1.82, 2.24) is 15.2 Å². The molecule has 2 aromatic heterocycles. The minimum absolute atomic E-state index is 0.203. The number of carbonyl (C=O) groups excluding carboxylic acids is 1. The van der Waals surface area contributed by atoms with E-state index in [4.69, 9.17) is 16.3 Å². The van der Waals surface area contributed by atoms with Crippen LogP contribution in [-0.2, 0) is 0 Å². The van der Waals surface area contributed by atoms with E-state index in [9.17, 15) is 4.79 Å². The van der Waals surface area contributed by atoms with Gasteiger partial charge in [-0.05, 0) is 24.3 Å². The molecule has 0 saturated carbocycles. The van der Waals surface area contributed by atoms with Crippen molar-refractivity contribution in [2.24, 2.45) is 0 Å². The number of benzene rings is 1. The Labute approximate surface area is 119 Å². The predicted molar refractivity (Wildman–Crippen MR) is 75.3 cm³/mol. The van der Waals surface area contributed by atoms with E-state index in [-0.39, 0.29) is 5.78 Å². The highest BCUT2D eigenvalue weighted by Gasteiger charge is 2.16. The third-order valence-corrected chi connectivity index (χ3v) is 3.20. The van der Waals surface area contributed by atoms with Crippen molar-refractivity contribution >= 4 is 28.3 Å². The van der Waals surface area contributed by atoms with Crippen LogP contribution in [-0.4, -0.2) is 28.1 Å². The molecule has 0 bridgehead atoms. The summed E-state index contributed by atoms with van der Waals surface area (Å²) in [6.45, 7) is 0. The maximum absolute atomic E-state index is 12.4. The number of carbonyl (C=O) groups is 1. The summed E-state index contributed by atoms with van der Waals surface area (Å²) in [5.41, 5.74) is 1.54. The first-order valence-corrected chi connectivity index (χ1v) is 6.25. The fourth-order valence-electron chi connectivity index (χ4n) is 1.95. The first-order valence-electron chi connectivity index (χ1n) is 5.87. The number of hydrogen-bond donors (Lipinski definition) is 1. The number of rotatable bonds is 3. The second-order valence-electron chi connectivity index (χ2n) is 4.18. The Balaban J connectivity index is 2.05. The standard InChI is InChI=1S/C14H10ClN3O2/c1-20-9-3-4-10-11(6-9)17-18-13(10)14(19)8-2-5-12(15)16-7-8/h2-7H,1H3,(H,17,18). The van der Waals surface area contributed by atoms with Crippen molar-refractivity contribution in [3.05, 3.63) is 52.9 Å². The van der Waals surface area contributed by atoms with Gasteiger partial charge >= 0.3 is 0 Å². The van der Waals surface area contributed by atoms with E-state index in [1.807, 2.05) is 0 Å². The topological polar surface area (TPSA) is 67.9 Å². The summed E-state index contributed by atoms with van der Waals surface area (Å²) in [6, 6.07) is 8.58. The lowest BCUT2D eigenvalue weighted by Crippen LogP contribution is -2.02. The van der Waals surface area contributed by atoms with Crippen LogP contribution in [0.1, 0.15) is 16.1 Å². The van der Waals surface area contributed by atoms with Crippen molar-refractivity contribution < 1.29 is 9.53 Å². The second-order valence-corrected chi connectivity index (χ2v) is 4.57. The molecule has 2 heterocycles. The first kappa shape index (κ1) is 12.6. The average Bonchev–Trinajstić information content (AvgIpc) is 2.90. The zero-order chi connectivity index (χ0) is 14.1. The monoisotopic (exact) mass is 287 g/mol. The van der Waals surface area contributed by atoms with Crippen LogP contribution in [0.15, 0.2) is 36.5 Å². The van der Waals surface area contributed by atoms with Crippen LogP contribution in [0.5, 0.6) is 5.75 Å². The fourth-order valence-corrected chi connectivity index (χ4v) is 2.06. The van der Waals surface area contributed by atoms with Crippen molar-refractivity contribution in [2.45, 2.75) is 0 Å². The number of H-pyrrole nitrogens is 1. The summed E-state index contributed by atoms with van der Waals surface area (Å²) < 4.78 is 5.13. The summed E-state index contributed by atoms with van der Waals surface area (Å²) in [5.74, 6) is 0.499. The van der Waals surface area contributed by atoms with E-state index in [1.54, 1.807) is 37.4 Å². The molecule has 0 amide bonds. The van der Waals surface area contributed by atoms with Gasteiger partial charge in [-0.25, -0.2) is 4.98 Å². The van der Waals surface area contributed by atoms with Gasteiger partial charge in [-0.2, -0.15) is 5.10 Å². The zero-order valence-corrected chi connectivity index (χ0v) is 11.3. The van der Waals surface area contributed by atoms with Gasteiger partial charge in [0.05, 0.1) is 12.6 Å². The molecule has 1 N–H and O–H groups in total. The predicted octanol–water partition coefficient (Wildman–Crippen LogP) is 2.85. The van der Waals surface area contributed by atoms with E-state index >= 15 is 0 Å². The summed E-state index contributed by atoms with van der Waals surface area (Å²) >= 11 is 5.71. The third kappa shape index (κ3) is 2.12. The molecule has 100 valence electrons. The molecule has 0 saturated heterocycles. The van der Waals surface area contributed by atoms with Gasteiger partial charge in [-0.15, -0.1) is 0 Å². The number of aromatic amines is 1. The number of aromatic nitrogens is 3. The van der Waals surface area contributed by atoms with Crippen molar-refractivity contribution in [2.75, 3.05) is 7.11 Å². The molecule has 1 aromatic carbocycles. The largest absolute Gasteiger partial charge is 0.497 e. The van der Waals surface area contributed by atoms with Crippen molar-refractivity contribution in [3.8, 4) is 5.75 Å². The molecular weight excluding hydrogens is 278 g/mol. The SMILES string of the molecule is COc1ccc2c(C(=O)c3ccc(Cl)nc3)n[nH]c2c1. The number of nitrogens with one attached hydrogen (secondary N) is 1. The van der Waals surface area contributed by atoms with E-state index in [0.29, 0.717) is 22.2 Å². The zero-order valence-electron chi connectivity index (χ0n) is 10.6. The first-order chi connectivity index (χ1) is 9.69. The molecule has 6 heteroatoms. The Morgan fingerprint density at radius 1 is 1.30 bits per heavy atom. The van der Waals surface area contributed by atoms with Crippen LogP contribution in [0.25, 0.3) is 10.9 Å². The molecular formula is C14H10ClN3O2. The quantitative estimate of drug-likeness (QED) is 0.594. The Morgan fingerprint density at radius 2 is 2.15 bits per heavy atom. The number of pyridine rings is 1. The lowest BCUT2D eigenvalue weighted by atomic mass is 10.1. The van der Waals surface area contributed by atoms with Gasteiger partial charge < -0.3 is 4.74 Å². The highest BCUT2D eigenvalue weighted by molar-refractivity contribution is 6.29. The van der Waals surface area contributed by atoms with Crippen molar-refractivity contribution in [3.63, 3.8) is 0 Å². The lowest BCUT2D eigenvalue weighted by molar-refractivity contribution is 0.103. The smallest absolute Gasteiger partial charge is 0.215 e. The molecule has 3 rings (SSSR count). The van der Waals surface area contributed by atoms with Gasteiger partial charge in [0.15, 0.2) is 0 Å². The number of nitrogens with zero attached hydrogens (tertiary/aromatic N) is 2. The number of halogens is 1.